The first-order valence-corrected chi connectivity index (χ1v) is 6.90. The lowest BCUT2D eigenvalue weighted by Crippen LogP contribution is -2.02. The molecule has 0 aliphatic heterocycles. The number of carbonyl (C=O) groups excluding carboxylic acids is 1. The van der Waals surface area contributed by atoms with Crippen molar-refractivity contribution in [3.8, 4) is 0 Å². The molecule has 0 atom stereocenters. The molecule has 3 heteroatoms. The predicted molar refractivity (Wildman–Crippen MR) is 68.1 cm³/mol. The Bertz CT molecular complexity index is 317. The third-order valence-corrected chi connectivity index (χ3v) is 3.44. The van der Waals surface area contributed by atoms with E-state index in [1.807, 2.05) is 18.4 Å². The Morgan fingerprint density at radius 3 is 2.81 bits per heavy atom. The summed E-state index contributed by atoms with van der Waals surface area (Å²) >= 11 is 1.66. The van der Waals surface area contributed by atoms with E-state index >= 15 is 0 Å². The number of unbranched alkanes of at least 4 members (excludes halogenated alkanes) is 3. The number of ether oxygens (including phenoxy) is 1. The van der Waals surface area contributed by atoms with Gasteiger partial charge in [0.15, 0.2) is 0 Å². The van der Waals surface area contributed by atoms with Crippen LogP contribution in [-0.4, -0.2) is 12.6 Å². The van der Waals surface area contributed by atoms with Crippen molar-refractivity contribution in [1.82, 2.24) is 0 Å². The van der Waals surface area contributed by atoms with Gasteiger partial charge in [0, 0.05) is 10.3 Å². The van der Waals surface area contributed by atoms with Crippen molar-refractivity contribution >= 4 is 17.3 Å². The quantitative estimate of drug-likeness (QED) is 0.531. The van der Waals surface area contributed by atoms with Gasteiger partial charge in [-0.25, -0.2) is 4.79 Å². The molecular weight excluding hydrogens is 220 g/mol. The summed E-state index contributed by atoms with van der Waals surface area (Å²) < 4.78 is 4.95. The maximum absolute atomic E-state index is 11.4. The van der Waals surface area contributed by atoms with Crippen molar-refractivity contribution in [3.05, 3.63) is 21.9 Å². The lowest BCUT2D eigenvalue weighted by molar-refractivity contribution is 0.0527. The van der Waals surface area contributed by atoms with Crippen LogP contribution in [0.1, 0.15) is 54.8 Å². The molecule has 0 aliphatic rings. The van der Waals surface area contributed by atoms with Crippen LogP contribution in [0.15, 0.2) is 11.4 Å². The van der Waals surface area contributed by atoms with E-state index in [1.54, 1.807) is 11.3 Å². The van der Waals surface area contributed by atoms with Gasteiger partial charge in [-0.15, -0.1) is 11.3 Å². The smallest absolute Gasteiger partial charge is 0.338 e. The zero-order valence-electron chi connectivity index (χ0n) is 10.1. The summed E-state index contributed by atoms with van der Waals surface area (Å²) in [6, 6.07) is 1.97. The first-order chi connectivity index (χ1) is 7.77. The monoisotopic (exact) mass is 240 g/mol. The molecule has 1 heterocycles. The van der Waals surface area contributed by atoms with Gasteiger partial charge >= 0.3 is 5.97 Å². The number of aryl methyl sites for hydroxylation is 1. The predicted octanol–water partition coefficient (Wildman–Crippen LogP) is 4.05. The van der Waals surface area contributed by atoms with Crippen molar-refractivity contribution in [2.75, 3.05) is 6.61 Å². The second-order valence-electron chi connectivity index (χ2n) is 3.83. The molecule has 0 aliphatic carbocycles. The standard InChI is InChI=1S/C13H20O2S/c1-3-5-6-7-8-12-9-11(10-16-12)13(14)15-4-2/h9-10H,3-8H2,1-2H3. The summed E-state index contributed by atoms with van der Waals surface area (Å²) in [5.41, 5.74) is 0.706. The van der Waals surface area contributed by atoms with Crippen LogP contribution < -0.4 is 0 Å². The van der Waals surface area contributed by atoms with Gasteiger partial charge in [0.05, 0.1) is 12.2 Å². The van der Waals surface area contributed by atoms with Gasteiger partial charge in [-0.05, 0) is 25.8 Å². The van der Waals surface area contributed by atoms with E-state index in [0.29, 0.717) is 12.2 Å². The molecule has 0 spiro atoms. The van der Waals surface area contributed by atoms with Gasteiger partial charge in [0.25, 0.3) is 0 Å². The third kappa shape index (κ3) is 4.35. The molecule has 0 N–H and O–H groups in total. The molecule has 0 fully saturated rings. The van der Waals surface area contributed by atoms with Crippen molar-refractivity contribution in [3.63, 3.8) is 0 Å². The Morgan fingerprint density at radius 1 is 1.31 bits per heavy atom. The molecule has 90 valence electrons. The fraction of sp³-hybridized carbons (Fsp3) is 0.615. The average Bonchev–Trinajstić information content (AvgIpc) is 2.73. The van der Waals surface area contributed by atoms with E-state index in [2.05, 4.69) is 6.92 Å². The molecule has 0 bridgehead atoms. The molecule has 0 radical (unpaired) electrons. The molecule has 0 unspecified atom stereocenters. The summed E-state index contributed by atoms with van der Waals surface area (Å²) in [5.74, 6) is -0.196. The van der Waals surface area contributed by atoms with E-state index in [4.69, 9.17) is 4.74 Å². The van der Waals surface area contributed by atoms with Crippen LogP contribution in [0.5, 0.6) is 0 Å². The minimum absolute atomic E-state index is 0.196. The first kappa shape index (κ1) is 13.2. The van der Waals surface area contributed by atoms with E-state index in [9.17, 15) is 4.79 Å². The number of hydrogen-bond donors (Lipinski definition) is 0. The van der Waals surface area contributed by atoms with Gasteiger partial charge in [-0.1, -0.05) is 26.2 Å². The van der Waals surface area contributed by atoms with Crippen molar-refractivity contribution in [1.29, 1.82) is 0 Å². The van der Waals surface area contributed by atoms with E-state index < -0.39 is 0 Å². The van der Waals surface area contributed by atoms with Crippen LogP contribution in [-0.2, 0) is 11.2 Å². The lowest BCUT2D eigenvalue weighted by atomic mass is 10.1. The molecule has 0 aromatic carbocycles. The highest BCUT2D eigenvalue weighted by molar-refractivity contribution is 7.10. The summed E-state index contributed by atoms with van der Waals surface area (Å²) in [5, 5.41) is 1.90. The third-order valence-electron chi connectivity index (χ3n) is 2.44. The highest BCUT2D eigenvalue weighted by Gasteiger charge is 2.08. The summed E-state index contributed by atoms with van der Waals surface area (Å²) in [7, 11) is 0. The normalized spacial score (nSPS) is 10.4. The zero-order valence-corrected chi connectivity index (χ0v) is 10.9. The highest BCUT2D eigenvalue weighted by Crippen LogP contribution is 2.18. The van der Waals surface area contributed by atoms with Crippen LogP contribution in [0.3, 0.4) is 0 Å². The first-order valence-electron chi connectivity index (χ1n) is 6.02. The second-order valence-corrected chi connectivity index (χ2v) is 4.83. The minimum Gasteiger partial charge on any atom is -0.462 e. The molecule has 16 heavy (non-hydrogen) atoms. The van der Waals surface area contributed by atoms with Gasteiger partial charge in [-0.2, -0.15) is 0 Å². The number of rotatable bonds is 7. The van der Waals surface area contributed by atoms with Crippen LogP contribution in [0.25, 0.3) is 0 Å². The maximum atomic E-state index is 11.4. The topological polar surface area (TPSA) is 26.3 Å². The van der Waals surface area contributed by atoms with Crippen molar-refractivity contribution < 1.29 is 9.53 Å². The fourth-order valence-electron chi connectivity index (χ4n) is 1.56. The molecule has 1 aromatic heterocycles. The van der Waals surface area contributed by atoms with Gasteiger partial charge in [-0.3, -0.25) is 0 Å². The SMILES string of the molecule is CCCCCCc1cc(C(=O)OCC)cs1. The summed E-state index contributed by atoms with van der Waals surface area (Å²) in [6.45, 7) is 4.49. The second kappa shape index (κ2) is 7.44. The maximum Gasteiger partial charge on any atom is 0.338 e. The Labute approximate surface area is 102 Å². The molecule has 0 saturated carbocycles. The molecule has 0 saturated heterocycles. The molecular formula is C13H20O2S. The Balaban J connectivity index is 2.36. The van der Waals surface area contributed by atoms with E-state index in [-0.39, 0.29) is 5.97 Å². The fourth-order valence-corrected chi connectivity index (χ4v) is 2.46. The molecule has 1 aromatic rings. The van der Waals surface area contributed by atoms with Crippen LogP contribution in [0, 0.1) is 0 Å². The Morgan fingerprint density at radius 2 is 2.12 bits per heavy atom. The number of thiophene rings is 1. The average molecular weight is 240 g/mol. The number of carbonyl (C=O) groups is 1. The van der Waals surface area contributed by atoms with Gasteiger partial charge < -0.3 is 4.74 Å². The Hall–Kier alpha value is -0.830. The van der Waals surface area contributed by atoms with Gasteiger partial charge in [0.2, 0.25) is 0 Å². The van der Waals surface area contributed by atoms with Crippen LogP contribution >= 0.6 is 11.3 Å². The number of esters is 1. The number of hydrogen-bond acceptors (Lipinski definition) is 3. The van der Waals surface area contributed by atoms with Crippen molar-refractivity contribution in [2.24, 2.45) is 0 Å². The lowest BCUT2D eigenvalue weighted by Gasteiger charge is -1.98. The molecule has 0 amide bonds. The summed E-state index contributed by atoms with van der Waals surface area (Å²) in [4.78, 5) is 12.7. The zero-order chi connectivity index (χ0) is 11.8. The van der Waals surface area contributed by atoms with E-state index in [0.717, 1.165) is 6.42 Å². The van der Waals surface area contributed by atoms with Crippen molar-refractivity contribution in [2.45, 2.75) is 46.0 Å². The minimum atomic E-state index is -0.196. The van der Waals surface area contributed by atoms with Crippen LogP contribution in [0.2, 0.25) is 0 Å². The molecule has 1 rings (SSSR count). The van der Waals surface area contributed by atoms with E-state index in [1.165, 1.54) is 30.6 Å². The summed E-state index contributed by atoms with van der Waals surface area (Å²) in [6.07, 6.45) is 6.15. The largest absolute Gasteiger partial charge is 0.462 e. The van der Waals surface area contributed by atoms with Crippen LogP contribution in [0.4, 0.5) is 0 Å². The molecule has 2 nitrogen and oxygen atoms in total. The Kier molecular flexibility index (Phi) is 6.16. The van der Waals surface area contributed by atoms with Gasteiger partial charge in [0.1, 0.15) is 0 Å². The highest BCUT2D eigenvalue weighted by atomic mass is 32.1.